The van der Waals surface area contributed by atoms with Crippen LogP contribution in [0.1, 0.15) is 40.3 Å². The number of nitrogens with one attached hydrogen (secondary N) is 2. The van der Waals surface area contributed by atoms with Crippen LogP contribution in [0.25, 0.3) is 0 Å². The molecule has 0 spiro atoms. The van der Waals surface area contributed by atoms with Gasteiger partial charge in [-0.05, 0) is 68.3 Å². The molecule has 37 heavy (non-hydrogen) atoms. The number of sulfonamides is 1. The number of rotatable bonds is 7. The topological polar surface area (TPSA) is 110 Å². The lowest BCUT2D eigenvalue weighted by Gasteiger charge is -2.14. The van der Waals surface area contributed by atoms with E-state index in [4.69, 9.17) is 9.15 Å². The first-order valence-corrected chi connectivity index (χ1v) is 13.3. The summed E-state index contributed by atoms with van der Waals surface area (Å²) in [7, 11) is -3.81. The van der Waals surface area contributed by atoms with E-state index in [0.29, 0.717) is 46.9 Å². The Hall–Kier alpha value is -4.37. The second-order valence-electron chi connectivity index (χ2n) is 8.57. The molecule has 1 amide bonds. The number of nitrogens with zero attached hydrogens (tertiary/aromatic N) is 1. The number of amides is 1. The van der Waals surface area contributed by atoms with Crippen molar-refractivity contribution in [2.24, 2.45) is 5.10 Å². The van der Waals surface area contributed by atoms with Crippen molar-refractivity contribution in [1.82, 2.24) is 4.83 Å². The quantitative estimate of drug-likeness (QED) is 0.309. The Morgan fingerprint density at radius 1 is 0.892 bits per heavy atom. The number of hydrogen-bond donors (Lipinski definition) is 2. The van der Waals surface area contributed by atoms with Crippen molar-refractivity contribution in [2.75, 3.05) is 5.32 Å². The Morgan fingerprint density at radius 2 is 1.54 bits per heavy atom. The van der Waals surface area contributed by atoms with Crippen molar-refractivity contribution in [3.05, 3.63) is 108 Å². The normalized spacial score (nSPS) is 14.1. The summed E-state index contributed by atoms with van der Waals surface area (Å²) < 4.78 is 36.9. The van der Waals surface area contributed by atoms with Crippen molar-refractivity contribution in [1.29, 1.82) is 0 Å². The molecule has 5 rings (SSSR count). The van der Waals surface area contributed by atoms with E-state index in [1.54, 1.807) is 49.4 Å². The average Bonchev–Trinajstić information content (AvgIpc) is 3.27. The van der Waals surface area contributed by atoms with Gasteiger partial charge in [-0.1, -0.05) is 36.4 Å². The van der Waals surface area contributed by atoms with Gasteiger partial charge in [0.1, 0.15) is 17.3 Å². The maximum Gasteiger partial charge on any atom is 0.291 e. The first kappa shape index (κ1) is 24.3. The Kier molecular flexibility index (Phi) is 6.78. The molecule has 0 fully saturated rings. The summed E-state index contributed by atoms with van der Waals surface area (Å²) >= 11 is 0. The van der Waals surface area contributed by atoms with Gasteiger partial charge in [0.15, 0.2) is 5.76 Å². The van der Waals surface area contributed by atoms with E-state index in [-0.39, 0.29) is 10.7 Å². The molecule has 0 radical (unpaired) electrons. The molecule has 1 aliphatic rings. The highest BCUT2D eigenvalue weighted by Gasteiger charge is 2.28. The van der Waals surface area contributed by atoms with Gasteiger partial charge in [0.25, 0.3) is 15.9 Å². The summed E-state index contributed by atoms with van der Waals surface area (Å²) in [5, 5.41) is 7.06. The fourth-order valence-electron chi connectivity index (χ4n) is 4.18. The van der Waals surface area contributed by atoms with Crippen LogP contribution in [0.4, 0.5) is 5.69 Å². The second-order valence-corrected chi connectivity index (χ2v) is 10.2. The van der Waals surface area contributed by atoms with E-state index in [2.05, 4.69) is 15.2 Å². The number of fused-ring (bicyclic) bond motifs is 1. The molecule has 188 valence electrons. The molecule has 1 aliphatic carbocycles. The third-order valence-electron chi connectivity index (χ3n) is 5.98. The Balaban J connectivity index is 1.32. The smallest absolute Gasteiger partial charge is 0.291 e. The lowest BCUT2D eigenvalue weighted by Crippen LogP contribution is -2.22. The minimum absolute atomic E-state index is 0.125. The lowest BCUT2D eigenvalue weighted by atomic mass is 9.93. The summed E-state index contributed by atoms with van der Waals surface area (Å²) in [4.78, 5) is 15.5. The number of benzene rings is 3. The Labute approximate surface area is 215 Å². The zero-order valence-corrected chi connectivity index (χ0v) is 20.9. The van der Waals surface area contributed by atoms with Crippen LogP contribution in [0.5, 0.6) is 11.5 Å². The third-order valence-corrected chi connectivity index (χ3v) is 7.20. The summed E-state index contributed by atoms with van der Waals surface area (Å²) in [6.07, 6.45) is 1.93. The van der Waals surface area contributed by atoms with Crippen LogP contribution in [0, 0.1) is 6.92 Å². The van der Waals surface area contributed by atoms with Gasteiger partial charge < -0.3 is 14.5 Å². The van der Waals surface area contributed by atoms with Crippen LogP contribution >= 0.6 is 0 Å². The molecule has 0 atom stereocenters. The molecular formula is C28H25N3O5S. The molecule has 9 heteroatoms. The molecule has 0 saturated heterocycles. The highest BCUT2D eigenvalue weighted by atomic mass is 32.2. The Bertz CT molecular complexity index is 1540. The largest absolute Gasteiger partial charge is 0.457 e. The van der Waals surface area contributed by atoms with E-state index in [0.717, 1.165) is 12.2 Å². The van der Waals surface area contributed by atoms with Crippen molar-refractivity contribution < 1.29 is 22.4 Å². The predicted molar refractivity (Wildman–Crippen MR) is 141 cm³/mol. The van der Waals surface area contributed by atoms with Crippen LogP contribution in [0.3, 0.4) is 0 Å². The summed E-state index contributed by atoms with van der Waals surface area (Å²) in [5.41, 5.74) is 2.43. The number of aryl methyl sites for hydroxylation is 1. The van der Waals surface area contributed by atoms with Gasteiger partial charge in [-0.25, -0.2) is 0 Å². The maximum absolute atomic E-state index is 13.1. The molecule has 0 aliphatic heterocycles. The number of hydrazone groups is 1. The monoisotopic (exact) mass is 515 g/mol. The number of furan rings is 1. The maximum atomic E-state index is 13.1. The first-order valence-electron chi connectivity index (χ1n) is 11.8. The van der Waals surface area contributed by atoms with Gasteiger partial charge in [-0.3, -0.25) is 4.79 Å². The fraction of sp³-hybridized carbons (Fsp3) is 0.143. The number of ether oxygens (including phenoxy) is 1. The number of para-hydroxylation sites is 1. The van der Waals surface area contributed by atoms with Gasteiger partial charge in [-0.2, -0.15) is 18.4 Å². The first-order chi connectivity index (χ1) is 17.9. The van der Waals surface area contributed by atoms with Crippen LogP contribution < -0.4 is 14.9 Å². The molecule has 4 aromatic rings. The standard InChI is InChI=1S/C28H25N3O5S/c1-19-26-24(30-31-37(33,34)23-11-6-3-7-12-23)13-8-14-25(26)36-27(19)28(32)29-20-15-17-22(18-16-20)35-21-9-4-2-5-10-21/h2-7,9-12,15-18,31H,8,13-14H2,1H3,(H,29,32)/b30-24+. The molecule has 1 heterocycles. The van der Waals surface area contributed by atoms with E-state index >= 15 is 0 Å². The SMILES string of the molecule is Cc1c(C(=O)Nc2ccc(Oc3ccccc3)cc2)oc2c1/C(=N/NS(=O)(=O)c1ccccc1)CCC2. The minimum Gasteiger partial charge on any atom is -0.457 e. The second kappa shape index (κ2) is 10.3. The summed E-state index contributed by atoms with van der Waals surface area (Å²) in [6.45, 7) is 1.78. The van der Waals surface area contributed by atoms with E-state index < -0.39 is 15.9 Å². The van der Waals surface area contributed by atoms with E-state index in [9.17, 15) is 13.2 Å². The molecule has 2 N–H and O–H groups in total. The number of carbonyl (C=O) groups is 1. The average molecular weight is 516 g/mol. The van der Waals surface area contributed by atoms with Crippen molar-refractivity contribution in [3.63, 3.8) is 0 Å². The number of anilines is 1. The van der Waals surface area contributed by atoms with Crippen LogP contribution in [0.2, 0.25) is 0 Å². The lowest BCUT2D eigenvalue weighted by molar-refractivity contribution is 0.0994. The van der Waals surface area contributed by atoms with Crippen LogP contribution in [-0.2, 0) is 16.4 Å². The van der Waals surface area contributed by atoms with Gasteiger partial charge in [0.05, 0.1) is 10.6 Å². The highest BCUT2D eigenvalue weighted by molar-refractivity contribution is 7.89. The number of hydrogen-bond acceptors (Lipinski definition) is 6. The van der Waals surface area contributed by atoms with Gasteiger partial charge in [0, 0.05) is 23.2 Å². The third kappa shape index (κ3) is 5.41. The van der Waals surface area contributed by atoms with Crippen molar-refractivity contribution >= 4 is 27.3 Å². The van der Waals surface area contributed by atoms with Crippen molar-refractivity contribution in [3.8, 4) is 11.5 Å². The highest BCUT2D eigenvalue weighted by Crippen LogP contribution is 2.31. The van der Waals surface area contributed by atoms with Gasteiger partial charge >= 0.3 is 0 Å². The molecular weight excluding hydrogens is 490 g/mol. The van der Waals surface area contributed by atoms with Gasteiger partial charge in [0.2, 0.25) is 0 Å². The molecule has 0 saturated carbocycles. The molecule has 8 nitrogen and oxygen atoms in total. The Morgan fingerprint density at radius 3 is 2.24 bits per heavy atom. The van der Waals surface area contributed by atoms with E-state index in [1.165, 1.54) is 12.1 Å². The summed E-state index contributed by atoms with van der Waals surface area (Å²) in [5.74, 6) is 1.77. The fourth-order valence-corrected chi connectivity index (χ4v) is 5.03. The summed E-state index contributed by atoms with van der Waals surface area (Å²) in [6, 6.07) is 24.5. The van der Waals surface area contributed by atoms with E-state index in [1.807, 2.05) is 30.3 Å². The van der Waals surface area contributed by atoms with Crippen LogP contribution in [-0.4, -0.2) is 20.0 Å². The van der Waals surface area contributed by atoms with Gasteiger partial charge in [-0.15, -0.1) is 0 Å². The molecule has 1 aromatic heterocycles. The van der Waals surface area contributed by atoms with Crippen LogP contribution in [0.15, 0.2) is 99.3 Å². The zero-order valence-electron chi connectivity index (χ0n) is 20.1. The molecule has 0 unspecified atom stereocenters. The molecule has 0 bridgehead atoms. The molecule has 3 aromatic carbocycles. The predicted octanol–water partition coefficient (Wildman–Crippen LogP) is 5.65. The van der Waals surface area contributed by atoms with Crippen molar-refractivity contribution in [2.45, 2.75) is 31.1 Å². The number of carbonyl (C=O) groups excluding carboxylic acids is 1. The zero-order chi connectivity index (χ0) is 25.8. The minimum atomic E-state index is -3.81.